The van der Waals surface area contributed by atoms with Gasteiger partial charge in [-0.2, -0.15) is 0 Å². The van der Waals surface area contributed by atoms with Crippen LogP contribution in [0.15, 0.2) is 46.1 Å². The molecule has 0 saturated carbocycles. The minimum atomic E-state index is -0.451. The molecule has 21 heavy (non-hydrogen) atoms. The molecule has 0 unspecified atom stereocenters. The minimum absolute atomic E-state index is 0.230. The van der Waals surface area contributed by atoms with Gasteiger partial charge in [-0.25, -0.2) is 4.79 Å². The number of hydrogen-bond acceptors (Lipinski definition) is 3. The van der Waals surface area contributed by atoms with E-state index in [1.54, 1.807) is 18.2 Å². The van der Waals surface area contributed by atoms with Gasteiger partial charge in [0.05, 0.1) is 6.54 Å². The van der Waals surface area contributed by atoms with E-state index in [-0.39, 0.29) is 12.3 Å². The standard InChI is InChI=1S/C16H18N2O3/c1-3-8-17-9-7-15(20)18(16(17)21)11-14(19)13-6-4-5-12(2)10-13/h4-7,9-10H,3,8,11H2,1-2H3. The van der Waals surface area contributed by atoms with Gasteiger partial charge in [-0.3, -0.25) is 14.2 Å². The van der Waals surface area contributed by atoms with Crippen molar-refractivity contribution in [3.63, 3.8) is 0 Å². The van der Waals surface area contributed by atoms with E-state index in [1.165, 1.54) is 16.8 Å². The normalized spacial score (nSPS) is 10.6. The molecular formula is C16H18N2O3. The summed E-state index contributed by atoms with van der Waals surface area (Å²) in [7, 11) is 0. The summed E-state index contributed by atoms with van der Waals surface area (Å²) in [6.45, 7) is 4.13. The van der Waals surface area contributed by atoms with Crippen LogP contribution in [0.4, 0.5) is 0 Å². The van der Waals surface area contributed by atoms with Crippen LogP contribution in [0.2, 0.25) is 0 Å². The highest BCUT2D eigenvalue weighted by atomic mass is 16.2. The Balaban J connectivity index is 2.35. The van der Waals surface area contributed by atoms with E-state index in [0.717, 1.165) is 16.6 Å². The molecule has 0 aliphatic carbocycles. The Kier molecular flexibility index (Phi) is 4.52. The first-order chi connectivity index (χ1) is 10.0. The Labute approximate surface area is 122 Å². The van der Waals surface area contributed by atoms with Gasteiger partial charge in [0.2, 0.25) is 0 Å². The summed E-state index contributed by atoms with van der Waals surface area (Å²) >= 11 is 0. The van der Waals surface area contributed by atoms with Gasteiger partial charge in [-0.05, 0) is 19.4 Å². The number of hydrogen-bond donors (Lipinski definition) is 0. The molecule has 0 aliphatic heterocycles. The molecule has 2 aromatic rings. The third-order valence-corrected chi connectivity index (χ3v) is 3.25. The van der Waals surface area contributed by atoms with Crippen molar-refractivity contribution in [2.45, 2.75) is 33.4 Å². The van der Waals surface area contributed by atoms with Crippen molar-refractivity contribution in [1.82, 2.24) is 9.13 Å². The molecule has 5 heteroatoms. The molecule has 0 N–H and O–H groups in total. The highest BCUT2D eigenvalue weighted by molar-refractivity contribution is 5.96. The van der Waals surface area contributed by atoms with Crippen LogP contribution in [0, 0.1) is 6.92 Å². The lowest BCUT2D eigenvalue weighted by Gasteiger charge is -2.08. The zero-order valence-corrected chi connectivity index (χ0v) is 12.2. The molecule has 1 aromatic carbocycles. The van der Waals surface area contributed by atoms with Crippen LogP contribution in [-0.2, 0) is 13.1 Å². The highest BCUT2D eigenvalue weighted by Gasteiger charge is 2.11. The molecular weight excluding hydrogens is 268 g/mol. The van der Waals surface area contributed by atoms with Crippen LogP contribution >= 0.6 is 0 Å². The van der Waals surface area contributed by atoms with Gasteiger partial charge in [0.1, 0.15) is 0 Å². The van der Waals surface area contributed by atoms with E-state index in [2.05, 4.69) is 0 Å². The molecule has 110 valence electrons. The molecule has 1 heterocycles. The van der Waals surface area contributed by atoms with Gasteiger partial charge in [-0.15, -0.1) is 0 Å². The first kappa shape index (κ1) is 15.0. The average Bonchev–Trinajstić information content (AvgIpc) is 2.46. The van der Waals surface area contributed by atoms with E-state index in [4.69, 9.17) is 0 Å². The topological polar surface area (TPSA) is 61.1 Å². The van der Waals surface area contributed by atoms with Crippen molar-refractivity contribution < 1.29 is 4.79 Å². The Bertz CT molecular complexity index is 772. The maximum absolute atomic E-state index is 12.2. The van der Waals surface area contributed by atoms with Crippen LogP contribution in [0.5, 0.6) is 0 Å². The summed E-state index contributed by atoms with van der Waals surface area (Å²) in [5, 5.41) is 0. The first-order valence-corrected chi connectivity index (χ1v) is 6.93. The SMILES string of the molecule is CCCn1ccc(=O)n(CC(=O)c2cccc(C)c2)c1=O. The van der Waals surface area contributed by atoms with Crippen LogP contribution in [0.25, 0.3) is 0 Å². The van der Waals surface area contributed by atoms with Gasteiger partial charge in [-0.1, -0.05) is 30.7 Å². The van der Waals surface area contributed by atoms with Gasteiger partial charge < -0.3 is 4.57 Å². The van der Waals surface area contributed by atoms with Crippen LogP contribution in [0.3, 0.4) is 0 Å². The van der Waals surface area contributed by atoms with Gasteiger partial charge in [0, 0.05) is 24.4 Å². The van der Waals surface area contributed by atoms with E-state index < -0.39 is 11.2 Å². The Morgan fingerprint density at radius 1 is 1.19 bits per heavy atom. The maximum Gasteiger partial charge on any atom is 0.331 e. The number of rotatable bonds is 5. The average molecular weight is 286 g/mol. The zero-order valence-electron chi connectivity index (χ0n) is 12.2. The summed E-state index contributed by atoms with van der Waals surface area (Å²) < 4.78 is 2.44. The number of nitrogens with zero attached hydrogens (tertiary/aromatic N) is 2. The first-order valence-electron chi connectivity index (χ1n) is 6.93. The number of ketones is 1. The molecule has 0 fully saturated rings. The molecule has 0 aliphatic rings. The van der Waals surface area contributed by atoms with Crippen molar-refractivity contribution in [2.24, 2.45) is 0 Å². The lowest BCUT2D eigenvalue weighted by molar-refractivity contribution is 0.0968. The third-order valence-electron chi connectivity index (χ3n) is 3.25. The van der Waals surface area contributed by atoms with Crippen LogP contribution in [-0.4, -0.2) is 14.9 Å². The van der Waals surface area contributed by atoms with E-state index >= 15 is 0 Å². The number of carbonyl (C=O) groups excluding carboxylic acids is 1. The second-order valence-corrected chi connectivity index (χ2v) is 5.01. The summed E-state index contributed by atoms with van der Waals surface area (Å²) in [5.41, 5.74) is 0.579. The molecule has 1 aromatic heterocycles. The smallest absolute Gasteiger partial charge is 0.300 e. The quantitative estimate of drug-likeness (QED) is 0.785. The number of aromatic nitrogens is 2. The fourth-order valence-electron chi connectivity index (χ4n) is 2.17. The van der Waals surface area contributed by atoms with Crippen molar-refractivity contribution >= 4 is 5.78 Å². The predicted octanol–water partition coefficient (Wildman–Crippen LogP) is 1.61. The van der Waals surface area contributed by atoms with E-state index in [0.29, 0.717) is 12.1 Å². The molecule has 0 saturated heterocycles. The van der Waals surface area contributed by atoms with Gasteiger partial charge >= 0.3 is 5.69 Å². The van der Waals surface area contributed by atoms with Crippen molar-refractivity contribution in [2.75, 3.05) is 0 Å². The molecule has 0 atom stereocenters. The second-order valence-electron chi connectivity index (χ2n) is 5.01. The number of aryl methyl sites for hydroxylation is 2. The Morgan fingerprint density at radius 2 is 1.95 bits per heavy atom. The summed E-state index contributed by atoms with van der Waals surface area (Å²) in [4.78, 5) is 36.2. The number of Topliss-reactive ketones (excluding diaryl/α,β-unsaturated/α-hetero) is 1. The lowest BCUT2D eigenvalue weighted by Crippen LogP contribution is -2.40. The van der Waals surface area contributed by atoms with Crippen LogP contribution < -0.4 is 11.2 Å². The summed E-state index contributed by atoms with van der Waals surface area (Å²) in [5.74, 6) is -0.243. The molecule has 0 spiro atoms. The maximum atomic E-state index is 12.2. The fourth-order valence-corrected chi connectivity index (χ4v) is 2.17. The minimum Gasteiger partial charge on any atom is -0.300 e. The van der Waals surface area contributed by atoms with E-state index in [1.807, 2.05) is 19.9 Å². The third kappa shape index (κ3) is 3.37. The molecule has 0 radical (unpaired) electrons. The Hall–Kier alpha value is -2.43. The van der Waals surface area contributed by atoms with Gasteiger partial charge in [0.25, 0.3) is 5.56 Å². The van der Waals surface area contributed by atoms with Crippen molar-refractivity contribution in [3.05, 3.63) is 68.5 Å². The highest BCUT2D eigenvalue weighted by Crippen LogP contribution is 2.05. The second kappa shape index (κ2) is 6.35. The lowest BCUT2D eigenvalue weighted by atomic mass is 10.1. The van der Waals surface area contributed by atoms with E-state index in [9.17, 15) is 14.4 Å². The molecule has 5 nitrogen and oxygen atoms in total. The van der Waals surface area contributed by atoms with Crippen molar-refractivity contribution in [3.8, 4) is 0 Å². The monoisotopic (exact) mass is 286 g/mol. The Morgan fingerprint density at radius 3 is 2.62 bits per heavy atom. The summed E-state index contributed by atoms with van der Waals surface area (Å²) in [6.07, 6.45) is 2.26. The number of carbonyl (C=O) groups is 1. The zero-order chi connectivity index (χ0) is 15.4. The van der Waals surface area contributed by atoms with Crippen LogP contribution in [0.1, 0.15) is 29.3 Å². The number of benzene rings is 1. The van der Waals surface area contributed by atoms with Gasteiger partial charge in [0.15, 0.2) is 5.78 Å². The molecule has 0 amide bonds. The largest absolute Gasteiger partial charge is 0.331 e. The van der Waals surface area contributed by atoms with Crippen molar-refractivity contribution in [1.29, 1.82) is 0 Å². The molecule has 0 bridgehead atoms. The fraction of sp³-hybridized carbons (Fsp3) is 0.312. The summed E-state index contributed by atoms with van der Waals surface area (Å²) in [6, 6.07) is 8.43. The molecule has 2 rings (SSSR count). The predicted molar refractivity (Wildman–Crippen MR) is 80.8 cm³/mol.